The number of benzene rings is 1. The zero-order valence-corrected chi connectivity index (χ0v) is 13.5. The lowest BCUT2D eigenvalue weighted by molar-refractivity contribution is 0.299. The zero-order valence-electron chi connectivity index (χ0n) is 11.9. The number of nitrogens with one attached hydrogen (secondary N) is 1. The zero-order chi connectivity index (χ0) is 15.1. The summed E-state index contributed by atoms with van der Waals surface area (Å²) in [7, 11) is 0. The minimum atomic E-state index is -0.335. The Kier molecular flexibility index (Phi) is 6.14. The van der Waals surface area contributed by atoms with Crippen molar-refractivity contribution in [3.63, 3.8) is 0 Å². The Morgan fingerprint density at radius 1 is 1.29 bits per heavy atom. The first-order valence-corrected chi connectivity index (χ1v) is 7.70. The van der Waals surface area contributed by atoms with Crippen LogP contribution in [0, 0.1) is 5.82 Å². The Bertz CT molecular complexity index is 575. The quantitative estimate of drug-likeness (QED) is 0.763. The summed E-state index contributed by atoms with van der Waals surface area (Å²) >= 11 is 3.11. The fourth-order valence-corrected chi connectivity index (χ4v) is 2.03. The Hall–Kier alpha value is -1.46. The van der Waals surface area contributed by atoms with Crippen molar-refractivity contribution in [2.45, 2.75) is 26.5 Å². The Labute approximate surface area is 132 Å². The maximum absolute atomic E-state index is 13.4. The van der Waals surface area contributed by atoms with E-state index in [9.17, 15) is 4.39 Å². The second-order valence-corrected chi connectivity index (χ2v) is 5.55. The van der Waals surface area contributed by atoms with E-state index in [-0.39, 0.29) is 5.82 Å². The minimum Gasteiger partial charge on any atom is -0.487 e. The number of pyridine rings is 1. The number of hydrogen-bond donors (Lipinski definition) is 1. The average molecular weight is 353 g/mol. The van der Waals surface area contributed by atoms with Gasteiger partial charge in [0.2, 0.25) is 0 Å². The molecule has 0 amide bonds. The lowest BCUT2D eigenvalue weighted by atomic mass is 10.2. The second kappa shape index (κ2) is 8.10. The summed E-state index contributed by atoms with van der Waals surface area (Å²) in [6, 6.07) is 8.65. The molecule has 21 heavy (non-hydrogen) atoms. The van der Waals surface area contributed by atoms with Crippen molar-refractivity contribution in [3.8, 4) is 5.75 Å². The van der Waals surface area contributed by atoms with Gasteiger partial charge in [0.1, 0.15) is 18.2 Å². The lowest BCUT2D eigenvalue weighted by Gasteiger charge is -2.07. The van der Waals surface area contributed by atoms with Crippen molar-refractivity contribution in [2.24, 2.45) is 0 Å². The summed E-state index contributed by atoms with van der Waals surface area (Å²) in [5.41, 5.74) is 1.96. The van der Waals surface area contributed by atoms with Crippen LogP contribution in [-0.2, 0) is 13.2 Å². The van der Waals surface area contributed by atoms with Crippen LogP contribution < -0.4 is 10.1 Å². The van der Waals surface area contributed by atoms with Gasteiger partial charge in [-0.25, -0.2) is 4.39 Å². The van der Waals surface area contributed by atoms with Crippen molar-refractivity contribution in [1.82, 2.24) is 10.3 Å². The fourth-order valence-electron chi connectivity index (χ4n) is 1.78. The average Bonchev–Trinajstić information content (AvgIpc) is 2.50. The second-order valence-electron chi connectivity index (χ2n) is 4.70. The Morgan fingerprint density at radius 3 is 2.81 bits per heavy atom. The van der Waals surface area contributed by atoms with E-state index in [2.05, 4.69) is 33.2 Å². The van der Waals surface area contributed by atoms with Gasteiger partial charge in [0.05, 0.1) is 10.2 Å². The number of aromatic nitrogens is 1. The normalized spacial score (nSPS) is 10.6. The van der Waals surface area contributed by atoms with Gasteiger partial charge >= 0.3 is 0 Å². The molecule has 2 rings (SSSR count). The SMILES string of the molecule is CCCNCc1ccc(COc2ccc(Br)c(F)c2)nc1. The maximum Gasteiger partial charge on any atom is 0.141 e. The fraction of sp³-hybridized carbons (Fsp3) is 0.312. The van der Waals surface area contributed by atoms with Crippen LogP contribution in [0.4, 0.5) is 4.39 Å². The summed E-state index contributed by atoms with van der Waals surface area (Å²) in [5.74, 6) is 0.156. The monoisotopic (exact) mass is 352 g/mol. The van der Waals surface area contributed by atoms with Crippen molar-refractivity contribution in [1.29, 1.82) is 0 Å². The molecule has 0 spiro atoms. The summed E-state index contributed by atoms with van der Waals surface area (Å²) in [6.07, 6.45) is 2.95. The van der Waals surface area contributed by atoms with E-state index in [1.165, 1.54) is 6.07 Å². The molecule has 2 aromatic rings. The maximum atomic E-state index is 13.4. The van der Waals surface area contributed by atoms with Crippen LogP contribution in [0.3, 0.4) is 0 Å². The van der Waals surface area contributed by atoms with Crippen LogP contribution in [0.2, 0.25) is 0 Å². The summed E-state index contributed by atoms with van der Waals surface area (Å²) in [6.45, 7) is 4.28. The number of hydrogen-bond acceptors (Lipinski definition) is 3. The standard InChI is InChI=1S/C16H18BrFN2O/c1-2-7-19-9-12-3-4-13(20-10-12)11-21-14-5-6-15(17)16(18)8-14/h3-6,8,10,19H,2,7,9,11H2,1H3. The smallest absolute Gasteiger partial charge is 0.141 e. The predicted octanol–water partition coefficient (Wildman–Crippen LogP) is 4.06. The van der Waals surface area contributed by atoms with Gasteiger partial charge in [-0.05, 0) is 52.7 Å². The molecule has 5 heteroatoms. The van der Waals surface area contributed by atoms with E-state index < -0.39 is 0 Å². The predicted molar refractivity (Wildman–Crippen MR) is 84.7 cm³/mol. The van der Waals surface area contributed by atoms with Crippen LogP contribution in [0.1, 0.15) is 24.6 Å². The molecule has 0 unspecified atom stereocenters. The molecule has 0 aliphatic heterocycles. The van der Waals surface area contributed by atoms with Crippen molar-refractivity contribution >= 4 is 15.9 Å². The number of nitrogens with zero attached hydrogens (tertiary/aromatic N) is 1. The van der Waals surface area contributed by atoms with Crippen molar-refractivity contribution in [3.05, 3.63) is 58.1 Å². The highest BCUT2D eigenvalue weighted by molar-refractivity contribution is 9.10. The Balaban J connectivity index is 1.86. The number of rotatable bonds is 7. The van der Waals surface area contributed by atoms with Gasteiger partial charge in [-0.3, -0.25) is 4.98 Å². The molecule has 0 bridgehead atoms. The van der Waals surface area contributed by atoms with E-state index in [0.29, 0.717) is 16.8 Å². The molecule has 1 aromatic heterocycles. The first kappa shape index (κ1) is 15.9. The van der Waals surface area contributed by atoms with Gasteiger partial charge in [0.15, 0.2) is 0 Å². The summed E-state index contributed by atoms with van der Waals surface area (Å²) in [4.78, 5) is 4.34. The molecule has 0 aliphatic rings. The molecule has 0 fully saturated rings. The summed E-state index contributed by atoms with van der Waals surface area (Å²) < 4.78 is 19.3. The molecule has 112 valence electrons. The molecule has 0 radical (unpaired) electrons. The molecule has 1 heterocycles. The van der Waals surface area contributed by atoms with Crippen LogP contribution in [0.25, 0.3) is 0 Å². The molecule has 1 N–H and O–H groups in total. The highest BCUT2D eigenvalue weighted by Gasteiger charge is 2.03. The van der Waals surface area contributed by atoms with E-state index >= 15 is 0 Å². The Morgan fingerprint density at radius 2 is 2.14 bits per heavy atom. The molecular weight excluding hydrogens is 335 g/mol. The van der Waals surface area contributed by atoms with Gasteiger partial charge in [0, 0.05) is 18.8 Å². The third-order valence-electron chi connectivity index (χ3n) is 2.92. The number of ether oxygens (including phenoxy) is 1. The van der Waals surface area contributed by atoms with E-state index in [1.54, 1.807) is 12.1 Å². The van der Waals surface area contributed by atoms with Crippen LogP contribution in [-0.4, -0.2) is 11.5 Å². The third-order valence-corrected chi connectivity index (χ3v) is 3.56. The van der Waals surface area contributed by atoms with Crippen molar-refractivity contribution < 1.29 is 9.13 Å². The summed E-state index contributed by atoms with van der Waals surface area (Å²) in [5, 5.41) is 3.32. The van der Waals surface area contributed by atoms with Gasteiger partial charge in [-0.1, -0.05) is 13.0 Å². The van der Waals surface area contributed by atoms with Gasteiger partial charge in [0.25, 0.3) is 0 Å². The van der Waals surface area contributed by atoms with E-state index in [1.807, 2.05) is 18.3 Å². The first-order valence-electron chi connectivity index (χ1n) is 6.91. The lowest BCUT2D eigenvalue weighted by Crippen LogP contribution is -2.14. The van der Waals surface area contributed by atoms with Crippen LogP contribution in [0.15, 0.2) is 41.0 Å². The largest absolute Gasteiger partial charge is 0.487 e. The van der Waals surface area contributed by atoms with E-state index in [0.717, 1.165) is 30.8 Å². The number of halogens is 2. The van der Waals surface area contributed by atoms with E-state index in [4.69, 9.17) is 4.74 Å². The molecule has 0 atom stereocenters. The topological polar surface area (TPSA) is 34.1 Å². The van der Waals surface area contributed by atoms with Gasteiger partial charge in [-0.15, -0.1) is 0 Å². The van der Waals surface area contributed by atoms with Gasteiger partial charge in [-0.2, -0.15) is 0 Å². The molecule has 0 aliphatic carbocycles. The molecular formula is C16H18BrFN2O. The molecule has 0 saturated heterocycles. The van der Waals surface area contributed by atoms with Crippen LogP contribution in [0.5, 0.6) is 5.75 Å². The molecule has 0 saturated carbocycles. The highest BCUT2D eigenvalue weighted by Crippen LogP contribution is 2.21. The molecule has 1 aromatic carbocycles. The van der Waals surface area contributed by atoms with Crippen molar-refractivity contribution in [2.75, 3.05) is 6.54 Å². The highest BCUT2D eigenvalue weighted by atomic mass is 79.9. The van der Waals surface area contributed by atoms with Gasteiger partial charge < -0.3 is 10.1 Å². The third kappa shape index (κ3) is 5.10. The van der Waals surface area contributed by atoms with Crippen LogP contribution >= 0.6 is 15.9 Å². The molecule has 3 nitrogen and oxygen atoms in total. The minimum absolute atomic E-state index is 0.323. The first-order chi connectivity index (χ1) is 10.2.